The summed E-state index contributed by atoms with van der Waals surface area (Å²) in [6.07, 6.45) is 3.39. The SMILES string of the molecule is OC(CC1COCCN1Cc1coc2ccccc12)c1ccco1. The zero-order valence-corrected chi connectivity index (χ0v) is 13.4. The van der Waals surface area contributed by atoms with Gasteiger partial charge in [-0.1, -0.05) is 18.2 Å². The smallest absolute Gasteiger partial charge is 0.134 e. The molecule has 1 saturated heterocycles. The van der Waals surface area contributed by atoms with Crippen LogP contribution < -0.4 is 0 Å². The Balaban J connectivity index is 1.49. The molecule has 126 valence electrons. The number of aliphatic hydroxyl groups excluding tert-OH is 1. The molecule has 3 heterocycles. The maximum absolute atomic E-state index is 10.4. The van der Waals surface area contributed by atoms with Gasteiger partial charge in [-0.25, -0.2) is 0 Å². The molecule has 2 atom stereocenters. The van der Waals surface area contributed by atoms with E-state index in [1.165, 1.54) is 5.56 Å². The number of rotatable bonds is 5. The van der Waals surface area contributed by atoms with Crippen molar-refractivity contribution in [3.8, 4) is 0 Å². The number of para-hydroxylation sites is 1. The minimum absolute atomic E-state index is 0.146. The number of furan rings is 2. The largest absolute Gasteiger partial charge is 0.467 e. The van der Waals surface area contributed by atoms with Gasteiger partial charge in [-0.05, 0) is 24.6 Å². The highest BCUT2D eigenvalue weighted by Crippen LogP contribution is 2.27. The van der Waals surface area contributed by atoms with E-state index in [2.05, 4.69) is 11.0 Å². The monoisotopic (exact) mass is 327 g/mol. The molecule has 2 unspecified atom stereocenters. The van der Waals surface area contributed by atoms with Gasteiger partial charge >= 0.3 is 0 Å². The van der Waals surface area contributed by atoms with E-state index in [0.29, 0.717) is 25.4 Å². The normalized spacial score (nSPS) is 20.5. The fourth-order valence-electron chi connectivity index (χ4n) is 3.34. The summed E-state index contributed by atoms with van der Waals surface area (Å²) in [4.78, 5) is 2.35. The fourth-order valence-corrected chi connectivity index (χ4v) is 3.34. The second-order valence-corrected chi connectivity index (χ2v) is 6.22. The summed E-state index contributed by atoms with van der Waals surface area (Å²) >= 11 is 0. The van der Waals surface area contributed by atoms with Gasteiger partial charge in [-0.3, -0.25) is 4.90 Å². The number of fused-ring (bicyclic) bond motifs is 1. The minimum atomic E-state index is -0.615. The molecule has 5 heteroatoms. The lowest BCUT2D eigenvalue weighted by Crippen LogP contribution is -2.45. The number of morpholine rings is 1. The molecule has 0 spiro atoms. The van der Waals surface area contributed by atoms with Crippen LogP contribution in [0.5, 0.6) is 0 Å². The summed E-state index contributed by atoms with van der Waals surface area (Å²) in [5.74, 6) is 0.606. The molecule has 0 radical (unpaired) electrons. The summed E-state index contributed by atoms with van der Waals surface area (Å²) < 4.78 is 16.6. The molecular weight excluding hydrogens is 306 g/mol. The average molecular weight is 327 g/mol. The van der Waals surface area contributed by atoms with Crippen molar-refractivity contribution in [3.05, 3.63) is 60.2 Å². The van der Waals surface area contributed by atoms with Gasteiger partial charge in [0.05, 0.1) is 25.7 Å². The van der Waals surface area contributed by atoms with E-state index in [-0.39, 0.29) is 6.04 Å². The molecular formula is C19H21NO4. The highest BCUT2D eigenvalue weighted by atomic mass is 16.5. The topological polar surface area (TPSA) is 59.0 Å². The van der Waals surface area contributed by atoms with Gasteiger partial charge in [0.25, 0.3) is 0 Å². The van der Waals surface area contributed by atoms with Crippen LogP contribution in [0, 0.1) is 0 Å². The van der Waals surface area contributed by atoms with Crippen molar-refractivity contribution in [2.45, 2.75) is 25.1 Å². The average Bonchev–Trinajstić information content (AvgIpc) is 3.27. The van der Waals surface area contributed by atoms with E-state index in [1.807, 2.05) is 30.5 Å². The standard InChI is InChI=1S/C19H21NO4/c21-17(19-6-3-8-23-19)10-15-13-22-9-7-20(15)11-14-12-24-18-5-2-1-4-16(14)18/h1-6,8,12,15,17,21H,7,9-11,13H2. The minimum Gasteiger partial charge on any atom is -0.467 e. The number of hydrogen-bond acceptors (Lipinski definition) is 5. The number of ether oxygens (including phenoxy) is 1. The first-order valence-corrected chi connectivity index (χ1v) is 8.29. The lowest BCUT2D eigenvalue weighted by atomic mass is 10.0. The number of benzene rings is 1. The maximum Gasteiger partial charge on any atom is 0.134 e. The first kappa shape index (κ1) is 15.4. The van der Waals surface area contributed by atoms with E-state index in [9.17, 15) is 5.11 Å². The van der Waals surface area contributed by atoms with Crippen molar-refractivity contribution >= 4 is 11.0 Å². The van der Waals surface area contributed by atoms with Crippen LogP contribution in [0.15, 0.2) is 57.8 Å². The summed E-state index contributed by atoms with van der Waals surface area (Å²) in [5.41, 5.74) is 2.08. The first-order valence-electron chi connectivity index (χ1n) is 8.29. The van der Waals surface area contributed by atoms with Crippen LogP contribution in [-0.4, -0.2) is 35.8 Å². The molecule has 0 aliphatic carbocycles. The van der Waals surface area contributed by atoms with Gasteiger partial charge in [-0.2, -0.15) is 0 Å². The van der Waals surface area contributed by atoms with Crippen LogP contribution in [-0.2, 0) is 11.3 Å². The lowest BCUT2D eigenvalue weighted by molar-refractivity contribution is -0.0322. The number of nitrogens with zero attached hydrogens (tertiary/aromatic N) is 1. The lowest BCUT2D eigenvalue weighted by Gasteiger charge is -2.36. The van der Waals surface area contributed by atoms with Crippen molar-refractivity contribution < 1.29 is 18.7 Å². The van der Waals surface area contributed by atoms with E-state index < -0.39 is 6.10 Å². The van der Waals surface area contributed by atoms with Crippen LogP contribution in [0.3, 0.4) is 0 Å². The van der Waals surface area contributed by atoms with Gasteiger partial charge in [0.15, 0.2) is 0 Å². The molecule has 3 aromatic rings. The molecule has 24 heavy (non-hydrogen) atoms. The van der Waals surface area contributed by atoms with Crippen LogP contribution >= 0.6 is 0 Å². The highest BCUT2D eigenvalue weighted by Gasteiger charge is 2.27. The zero-order chi connectivity index (χ0) is 16.4. The Kier molecular flexibility index (Phi) is 4.38. The summed E-state index contributed by atoms with van der Waals surface area (Å²) in [6, 6.07) is 11.8. The molecule has 5 nitrogen and oxygen atoms in total. The predicted molar refractivity (Wildman–Crippen MR) is 89.5 cm³/mol. The maximum atomic E-state index is 10.4. The molecule has 1 fully saturated rings. The Hall–Kier alpha value is -2.08. The Morgan fingerprint density at radius 2 is 2.08 bits per heavy atom. The molecule has 0 amide bonds. The summed E-state index contributed by atoms with van der Waals surface area (Å²) in [7, 11) is 0. The molecule has 1 aliphatic rings. The summed E-state index contributed by atoms with van der Waals surface area (Å²) in [5, 5.41) is 11.5. The third kappa shape index (κ3) is 3.11. The van der Waals surface area contributed by atoms with E-state index >= 15 is 0 Å². The third-order valence-electron chi connectivity index (χ3n) is 4.65. The van der Waals surface area contributed by atoms with Crippen LogP contribution in [0.2, 0.25) is 0 Å². The number of hydrogen-bond donors (Lipinski definition) is 1. The van der Waals surface area contributed by atoms with Crippen LogP contribution in [0.25, 0.3) is 11.0 Å². The predicted octanol–water partition coefficient (Wildman–Crippen LogP) is 3.35. The van der Waals surface area contributed by atoms with Crippen molar-refractivity contribution in [1.29, 1.82) is 0 Å². The van der Waals surface area contributed by atoms with Gasteiger partial charge in [0, 0.05) is 30.1 Å². The van der Waals surface area contributed by atoms with Crippen LogP contribution in [0.4, 0.5) is 0 Å². The quantitative estimate of drug-likeness (QED) is 0.779. The second kappa shape index (κ2) is 6.81. The molecule has 1 aliphatic heterocycles. The Morgan fingerprint density at radius 3 is 2.96 bits per heavy atom. The summed E-state index contributed by atoms with van der Waals surface area (Å²) in [6.45, 7) is 2.96. The van der Waals surface area contributed by atoms with E-state index in [0.717, 1.165) is 24.1 Å². The van der Waals surface area contributed by atoms with Gasteiger partial charge in [0.1, 0.15) is 17.4 Å². The van der Waals surface area contributed by atoms with E-state index in [1.54, 1.807) is 12.3 Å². The molecule has 2 aromatic heterocycles. The van der Waals surface area contributed by atoms with Gasteiger partial charge in [-0.15, -0.1) is 0 Å². The second-order valence-electron chi connectivity index (χ2n) is 6.22. The Bertz CT molecular complexity index is 780. The molecule has 1 aromatic carbocycles. The van der Waals surface area contributed by atoms with Crippen molar-refractivity contribution in [2.24, 2.45) is 0 Å². The Morgan fingerprint density at radius 1 is 1.17 bits per heavy atom. The first-order chi connectivity index (χ1) is 11.8. The third-order valence-corrected chi connectivity index (χ3v) is 4.65. The highest BCUT2D eigenvalue weighted by molar-refractivity contribution is 5.80. The molecule has 0 bridgehead atoms. The zero-order valence-electron chi connectivity index (χ0n) is 13.4. The van der Waals surface area contributed by atoms with Crippen molar-refractivity contribution in [1.82, 2.24) is 4.90 Å². The number of aliphatic hydroxyl groups is 1. The van der Waals surface area contributed by atoms with Gasteiger partial charge < -0.3 is 18.7 Å². The van der Waals surface area contributed by atoms with Gasteiger partial charge in [0.2, 0.25) is 0 Å². The molecule has 4 rings (SSSR count). The molecule has 1 N–H and O–H groups in total. The molecule has 0 saturated carbocycles. The van der Waals surface area contributed by atoms with Crippen molar-refractivity contribution in [3.63, 3.8) is 0 Å². The fraction of sp³-hybridized carbons (Fsp3) is 0.368. The Labute approximate surface area is 140 Å². The van der Waals surface area contributed by atoms with Crippen LogP contribution in [0.1, 0.15) is 23.8 Å². The van der Waals surface area contributed by atoms with Crippen molar-refractivity contribution in [2.75, 3.05) is 19.8 Å². The van der Waals surface area contributed by atoms with E-state index in [4.69, 9.17) is 13.6 Å².